The number of carbonyl (C=O) groups excluding carboxylic acids is 1. The Morgan fingerprint density at radius 1 is 1.12 bits per heavy atom. The molecule has 0 radical (unpaired) electrons. The molecule has 3 heterocycles. The van der Waals surface area contributed by atoms with E-state index in [0.29, 0.717) is 30.6 Å². The van der Waals surface area contributed by atoms with Gasteiger partial charge < -0.3 is 14.4 Å². The topological polar surface area (TPSA) is 98.7 Å². The number of rotatable bonds is 3. The largest absolute Gasteiger partial charge is 0.472 e. The van der Waals surface area contributed by atoms with Gasteiger partial charge in [0.2, 0.25) is 5.88 Å². The molecule has 0 N–H and O–H groups in total. The number of hydrogen-bond donors (Lipinski definition) is 0. The second-order valence-electron chi connectivity index (χ2n) is 9.52. The fourth-order valence-electron chi connectivity index (χ4n) is 4.12. The summed E-state index contributed by atoms with van der Waals surface area (Å²) in [5.74, 6) is 0.890. The van der Waals surface area contributed by atoms with Crippen molar-refractivity contribution in [2.75, 3.05) is 19.3 Å². The van der Waals surface area contributed by atoms with Gasteiger partial charge in [0.25, 0.3) is 0 Å². The van der Waals surface area contributed by atoms with E-state index in [1.54, 1.807) is 29.2 Å². The number of benzene rings is 1. The van der Waals surface area contributed by atoms with Crippen LogP contribution in [0.3, 0.4) is 0 Å². The zero-order valence-corrected chi connectivity index (χ0v) is 19.7. The van der Waals surface area contributed by atoms with Crippen LogP contribution < -0.4 is 4.74 Å². The second-order valence-corrected chi connectivity index (χ2v) is 11.5. The van der Waals surface area contributed by atoms with Crippen molar-refractivity contribution < 1.29 is 22.7 Å². The predicted molar refractivity (Wildman–Crippen MR) is 119 cm³/mol. The summed E-state index contributed by atoms with van der Waals surface area (Å²) < 4.78 is 34.9. The van der Waals surface area contributed by atoms with Crippen LogP contribution in [-0.4, -0.2) is 60.7 Å². The summed E-state index contributed by atoms with van der Waals surface area (Å²) in [6.07, 6.45) is 3.39. The molecule has 1 atom stereocenters. The second kappa shape index (κ2) is 8.35. The first kappa shape index (κ1) is 22.5. The smallest absolute Gasteiger partial charge is 0.410 e. The molecule has 172 valence electrons. The van der Waals surface area contributed by atoms with E-state index in [1.807, 2.05) is 26.8 Å². The SMILES string of the molecule is CC(C)(C)OC(=O)N1CCC(C2Cc3cc(-c4ccc(S(C)(=O)=O)cc4)nnc3O2)CC1. The van der Waals surface area contributed by atoms with Crippen molar-refractivity contribution in [1.82, 2.24) is 15.1 Å². The Labute approximate surface area is 188 Å². The van der Waals surface area contributed by atoms with Crippen LogP contribution in [0.25, 0.3) is 11.3 Å². The molecule has 0 saturated carbocycles. The van der Waals surface area contributed by atoms with Crippen LogP contribution in [-0.2, 0) is 21.0 Å². The maximum absolute atomic E-state index is 12.3. The molecule has 2 aliphatic heterocycles. The third-order valence-electron chi connectivity index (χ3n) is 5.81. The molecule has 2 aromatic rings. The minimum atomic E-state index is -3.24. The first-order valence-electron chi connectivity index (χ1n) is 10.8. The van der Waals surface area contributed by atoms with Crippen molar-refractivity contribution in [1.29, 1.82) is 0 Å². The summed E-state index contributed by atoms with van der Waals surface area (Å²) in [7, 11) is -3.24. The van der Waals surface area contributed by atoms with Crippen LogP contribution in [0.15, 0.2) is 35.2 Å². The highest BCUT2D eigenvalue weighted by Crippen LogP contribution is 2.35. The number of piperidine rings is 1. The van der Waals surface area contributed by atoms with E-state index in [4.69, 9.17) is 9.47 Å². The average molecular weight is 460 g/mol. The molecular formula is C23H29N3O5S. The summed E-state index contributed by atoms with van der Waals surface area (Å²) in [5.41, 5.74) is 2.00. The molecule has 1 amide bonds. The molecular weight excluding hydrogens is 430 g/mol. The fraction of sp³-hybridized carbons (Fsp3) is 0.522. The standard InChI is InChI=1S/C23H29N3O5S/c1-23(2,3)31-22(27)26-11-9-16(10-12-26)20-14-17-13-19(24-25-21(17)30-20)15-5-7-18(8-6-15)32(4,28)29/h5-8,13,16,20H,9-12,14H2,1-4H3. The van der Waals surface area contributed by atoms with E-state index >= 15 is 0 Å². The number of carbonyl (C=O) groups is 1. The lowest BCUT2D eigenvalue weighted by Gasteiger charge is -2.35. The first-order valence-corrected chi connectivity index (χ1v) is 12.7. The Morgan fingerprint density at radius 3 is 2.38 bits per heavy atom. The highest BCUT2D eigenvalue weighted by molar-refractivity contribution is 7.90. The Balaban J connectivity index is 1.38. The molecule has 1 aromatic heterocycles. The Hall–Kier alpha value is -2.68. The van der Waals surface area contributed by atoms with Gasteiger partial charge in [0.1, 0.15) is 11.7 Å². The van der Waals surface area contributed by atoms with Crippen LogP contribution in [0.4, 0.5) is 4.79 Å². The summed E-state index contributed by atoms with van der Waals surface area (Å²) >= 11 is 0. The molecule has 32 heavy (non-hydrogen) atoms. The molecule has 0 spiro atoms. The lowest BCUT2D eigenvalue weighted by atomic mass is 9.89. The predicted octanol–water partition coefficient (Wildman–Crippen LogP) is 3.50. The molecule has 1 fully saturated rings. The van der Waals surface area contributed by atoms with Crippen LogP contribution >= 0.6 is 0 Å². The number of fused-ring (bicyclic) bond motifs is 1. The lowest BCUT2D eigenvalue weighted by Crippen LogP contribution is -2.44. The van der Waals surface area contributed by atoms with Gasteiger partial charge in [0.15, 0.2) is 9.84 Å². The van der Waals surface area contributed by atoms with Crippen molar-refractivity contribution in [2.24, 2.45) is 5.92 Å². The lowest BCUT2D eigenvalue weighted by molar-refractivity contribution is 0.0121. The summed E-state index contributed by atoms with van der Waals surface area (Å²) in [6.45, 7) is 6.92. The summed E-state index contributed by atoms with van der Waals surface area (Å²) in [4.78, 5) is 14.3. The van der Waals surface area contributed by atoms with Crippen molar-refractivity contribution in [2.45, 2.75) is 56.6 Å². The van der Waals surface area contributed by atoms with E-state index in [-0.39, 0.29) is 17.1 Å². The highest BCUT2D eigenvalue weighted by Gasteiger charge is 2.36. The number of likely N-dealkylation sites (tertiary alicyclic amines) is 1. The molecule has 8 nitrogen and oxygen atoms in total. The molecule has 1 unspecified atom stereocenters. The number of aromatic nitrogens is 2. The van der Waals surface area contributed by atoms with Gasteiger partial charge in [0.05, 0.1) is 10.6 Å². The van der Waals surface area contributed by atoms with Gasteiger partial charge in [0, 0.05) is 36.9 Å². The zero-order chi connectivity index (χ0) is 23.1. The molecule has 1 aromatic carbocycles. The van der Waals surface area contributed by atoms with Gasteiger partial charge in [-0.25, -0.2) is 13.2 Å². The fourth-order valence-corrected chi connectivity index (χ4v) is 4.75. The first-order chi connectivity index (χ1) is 15.0. The number of ether oxygens (including phenoxy) is 2. The normalized spacial score (nSPS) is 19.4. The average Bonchev–Trinajstić information content (AvgIpc) is 3.15. The van der Waals surface area contributed by atoms with Crippen LogP contribution in [0.1, 0.15) is 39.2 Å². The molecule has 0 bridgehead atoms. The van der Waals surface area contributed by atoms with Gasteiger partial charge in [-0.3, -0.25) is 0 Å². The Kier molecular flexibility index (Phi) is 5.87. The Bertz CT molecular complexity index is 1100. The van der Waals surface area contributed by atoms with E-state index in [2.05, 4.69) is 10.2 Å². The van der Waals surface area contributed by atoms with Gasteiger partial charge in [-0.15, -0.1) is 10.2 Å². The van der Waals surface area contributed by atoms with Gasteiger partial charge in [-0.1, -0.05) is 12.1 Å². The molecule has 0 aliphatic carbocycles. The van der Waals surface area contributed by atoms with E-state index in [9.17, 15) is 13.2 Å². The van der Waals surface area contributed by atoms with Crippen LogP contribution in [0.5, 0.6) is 5.88 Å². The maximum Gasteiger partial charge on any atom is 0.410 e. The number of sulfone groups is 1. The van der Waals surface area contributed by atoms with Gasteiger partial charge in [-0.2, -0.15) is 0 Å². The summed E-state index contributed by atoms with van der Waals surface area (Å²) in [5, 5.41) is 8.53. The number of amides is 1. The van der Waals surface area contributed by atoms with E-state index < -0.39 is 15.4 Å². The number of nitrogens with zero attached hydrogens (tertiary/aromatic N) is 3. The molecule has 1 saturated heterocycles. The monoisotopic (exact) mass is 459 g/mol. The molecule has 4 rings (SSSR count). The third kappa shape index (κ3) is 5.03. The summed E-state index contributed by atoms with van der Waals surface area (Å²) in [6, 6.07) is 8.61. The van der Waals surface area contributed by atoms with Crippen molar-refractivity contribution in [3.63, 3.8) is 0 Å². The zero-order valence-electron chi connectivity index (χ0n) is 18.9. The van der Waals surface area contributed by atoms with E-state index in [1.165, 1.54) is 6.26 Å². The van der Waals surface area contributed by atoms with Crippen molar-refractivity contribution in [3.8, 4) is 17.1 Å². The quantitative estimate of drug-likeness (QED) is 0.693. The molecule has 2 aliphatic rings. The molecule has 9 heteroatoms. The van der Waals surface area contributed by atoms with Gasteiger partial charge in [-0.05, 0) is 57.7 Å². The number of hydrogen-bond acceptors (Lipinski definition) is 7. The third-order valence-corrected chi connectivity index (χ3v) is 6.94. The maximum atomic E-state index is 12.3. The minimum absolute atomic E-state index is 0.0166. The minimum Gasteiger partial charge on any atom is -0.472 e. The van der Waals surface area contributed by atoms with Crippen LogP contribution in [0, 0.1) is 5.92 Å². The van der Waals surface area contributed by atoms with Crippen LogP contribution in [0.2, 0.25) is 0 Å². The van der Waals surface area contributed by atoms with Crippen molar-refractivity contribution in [3.05, 3.63) is 35.9 Å². The Morgan fingerprint density at radius 2 is 1.78 bits per heavy atom. The highest BCUT2D eigenvalue weighted by atomic mass is 32.2. The van der Waals surface area contributed by atoms with E-state index in [0.717, 1.165) is 30.4 Å². The van der Waals surface area contributed by atoms with Crippen molar-refractivity contribution >= 4 is 15.9 Å². The van der Waals surface area contributed by atoms with Gasteiger partial charge >= 0.3 is 6.09 Å².